The van der Waals surface area contributed by atoms with Crippen molar-refractivity contribution in [1.82, 2.24) is 5.06 Å². The highest BCUT2D eigenvalue weighted by atomic mass is 16.7. The number of hydrogen-bond donors (Lipinski definition) is 0. The molecule has 2 fully saturated rings. The summed E-state index contributed by atoms with van der Waals surface area (Å²) in [7, 11) is 1.72. The zero-order valence-corrected chi connectivity index (χ0v) is 11.4. The fourth-order valence-electron chi connectivity index (χ4n) is 3.75. The van der Waals surface area contributed by atoms with E-state index < -0.39 is 0 Å². The van der Waals surface area contributed by atoms with Gasteiger partial charge in [0.05, 0.1) is 7.11 Å². The Bertz CT molecular complexity index is 325. The predicted octanol–water partition coefficient (Wildman–Crippen LogP) is 2.13. The van der Waals surface area contributed by atoms with E-state index >= 15 is 0 Å². The van der Waals surface area contributed by atoms with Gasteiger partial charge in [-0.1, -0.05) is 0 Å². The fraction of sp³-hybridized carbons (Fsp3) is 0.923. The van der Waals surface area contributed by atoms with Crippen molar-refractivity contribution in [2.24, 2.45) is 5.92 Å². The van der Waals surface area contributed by atoms with Crippen LogP contribution in [0, 0.1) is 5.92 Å². The van der Waals surface area contributed by atoms with Gasteiger partial charge >= 0.3 is 5.97 Å². The summed E-state index contributed by atoms with van der Waals surface area (Å²) in [6.07, 6.45) is 2.29. The highest BCUT2D eigenvalue weighted by Gasteiger charge is 2.54. The van der Waals surface area contributed by atoms with Gasteiger partial charge in [-0.05, 0) is 34.1 Å². The van der Waals surface area contributed by atoms with E-state index in [2.05, 4.69) is 32.8 Å². The van der Waals surface area contributed by atoms with Gasteiger partial charge in [-0.25, -0.2) is 0 Å². The van der Waals surface area contributed by atoms with Crippen molar-refractivity contribution in [2.75, 3.05) is 7.11 Å². The molecule has 0 aliphatic carbocycles. The molecule has 0 bridgehead atoms. The maximum atomic E-state index is 11.4. The topological polar surface area (TPSA) is 38.8 Å². The maximum absolute atomic E-state index is 11.4. The van der Waals surface area contributed by atoms with Crippen LogP contribution in [0.25, 0.3) is 0 Å². The molecule has 0 N–H and O–H groups in total. The molecule has 4 nitrogen and oxygen atoms in total. The minimum absolute atomic E-state index is 0.0349. The van der Waals surface area contributed by atoms with Gasteiger partial charge in [-0.15, -0.1) is 0 Å². The molecule has 0 radical (unpaired) electrons. The Balaban J connectivity index is 2.31. The number of carbonyl (C=O) groups is 1. The van der Waals surface area contributed by atoms with Crippen LogP contribution in [-0.2, 0) is 14.4 Å². The van der Waals surface area contributed by atoms with Crippen LogP contribution in [-0.4, -0.2) is 35.3 Å². The molecule has 0 saturated carbocycles. The first-order valence-electron chi connectivity index (χ1n) is 6.33. The highest BCUT2D eigenvalue weighted by molar-refractivity contribution is 5.70. The number of carbonyl (C=O) groups excluding carboxylic acids is 1. The number of rotatable bonds is 1. The number of hydrogen-bond acceptors (Lipinski definition) is 4. The Hall–Kier alpha value is -0.610. The molecule has 0 amide bonds. The summed E-state index contributed by atoms with van der Waals surface area (Å²) in [5.74, 6) is 0.303. The largest absolute Gasteiger partial charge is 0.462 e. The van der Waals surface area contributed by atoms with Crippen molar-refractivity contribution in [3.8, 4) is 0 Å². The van der Waals surface area contributed by atoms with Crippen LogP contribution in [0.2, 0.25) is 0 Å². The molecule has 2 aliphatic rings. The van der Waals surface area contributed by atoms with Gasteiger partial charge in [0.1, 0.15) is 6.10 Å². The molecule has 2 rings (SSSR count). The van der Waals surface area contributed by atoms with Gasteiger partial charge in [0.2, 0.25) is 0 Å². The summed E-state index contributed by atoms with van der Waals surface area (Å²) in [5, 5.41) is 2.07. The van der Waals surface area contributed by atoms with Crippen molar-refractivity contribution < 1.29 is 14.4 Å². The molecular weight excluding hydrogens is 218 g/mol. The smallest absolute Gasteiger partial charge is 0.306 e. The monoisotopic (exact) mass is 241 g/mol. The number of esters is 1. The molecular formula is C13H23NO3. The third-order valence-electron chi connectivity index (χ3n) is 4.25. The van der Waals surface area contributed by atoms with Gasteiger partial charge in [0.25, 0.3) is 0 Å². The summed E-state index contributed by atoms with van der Waals surface area (Å²) in [6.45, 7) is 8.62. The Morgan fingerprint density at radius 3 is 2.59 bits per heavy atom. The van der Waals surface area contributed by atoms with Crippen LogP contribution in [0.3, 0.4) is 0 Å². The number of fused-ring (bicyclic) bond motifs is 1. The minimum atomic E-state index is -0.114. The van der Waals surface area contributed by atoms with Crippen molar-refractivity contribution in [3.05, 3.63) is 0 Å². The molecule has 0 spiro atoms. The predicted molar refractivity (Wildman–Crippen MR) is 64.2 cm³/mol. The van der Waals surface area contributed by atoms with Crippen LogP contribution in [0.5, 0.6) is 0 Å². The SMILES string of the molecule is CON1C(C)(C)CC2OC(=O)CCC2C1(C)C. The molecule has 2 unspecified atom stereocenters. The standard InChI is InChI=1S/C13H23NO3/c1-12(2)8-10-9(6-7-11(15)17-10)13(3,4)14(12)16-5/h9-10H,6-8H2,1-5H3. The first kappa shape index (κ1) is 12.8. The Morgan fingerprint density at radius 2 is 2.00 bits per heavy atom. The number of piperidine rings is 1. The molecule has 2 aliphatic heterocycles. The summed E-state index contributed by atoms with van der Waals surface area (Å²) < 4.78 is 5.53. The van der Waals surface area contributed by atoms with Gasteiger partial charge in [0, 0.05) is 29.8 Å². The lowest BCUT2D eigenvalue weighted by atomic mass is 9.69. The molecule has 0 aromatic heterocycles. The zero-order chi connectivity index (χ0) is 12.8. The molecule has 0 aromatic rings. The normalized spacial score (nSPS) is 36.2. The van der Waals surface area contributed by atoms with Crippen LogP contribution in [0.1, 0.15) is 47.0 Å². The van der Waals surface area contributed by atoms with E-state index in [4.69, 9.17) is 9.57 Å². The quantitative estimate of drug-likeness (QED) is 0.659. The van der Waals surface area contributed by atoms with E-state index in [1.54, 1.807) is 7.11 Å². The summed E-state index contributed by atoms with van der Waals surface area (Å²) in [4.78, 5) is 17.0. The number of ether oxygens (including phenoxy) is 1. The Morgan fingerprint density at radius 1 is 1.35 bits per heavy atom. The Kier molecular flexibility index (Phi) is 2.99. The van der Waals surface area contributed by atoms with Crippen LogP contribution in [0.4, 0.5) is 0 Å². The summed E-state index contributed by atoms with van der Waals surface area (Å²) in [6, 6.07) is 0. The summed E-state index contributed by atoms with van der Waals surface area (Å²) in [5.41, 5.74) is -0.223. The lowest BCUT2D eigenvalue weighted by molar-refractivity contribution is -0.301. The molecule has 0 aromatic carbocycles. The number of hydroxylamine groups is 2. The second-order valence-electron chi connectivity index (χ2n) is 6.32. The van der Waals surface area contributed by atoms with Crippen LogP contribution >= 0.6 is 0 Å². The van der Waals surface area contributed by atoms with Crippen molar-refractivity contribution >= 4 is 5.97 Å². The number of nitrogens with zero attached hydrogens (tertiary/aromatic N) is 1. The average molecular weight is 241 g/mol. The van der Waals surface area contributed by atoms with E-state index in [9.17, 15) is 4.79 Å². The molecule has 98 valence electrons. The molecule has 17 heavy (non-hydrogen) atoms. The van der Waals surface area contributed by atoms with Crippen molar-refractivity contribution in [1.29, 1.82) is 0 Å². The molecule has 4 heteroatoms. The second kappa shape index (κ2) is 3.95. The minimum Gasteiger partial charge on any atom is -0.462 e. The first-order valence-corrected chi connectivity index (χ1v) is 6.33. The fourth-order valence-corrected chi connectivity index (χ4v) is 3.75. The summed E-state index contributed by atoms with van der Waals surface area (Å²) >= 11 is 0. The zero-order valence-electron chi connectivity index (χ0n) is 11.4. The van der Waals surface area contributed by atoms with E-state index in [-0.39, 0.29) is 23.2 Å². The van der Waals surface area contributed by atoms with Gasteiger partial charge in [-0.3, -0.25) is 4.79 Å². The molecule has 2 saturated heterocycles. The first-order chi connectivity index (χ1) is 7.79. The third kappa shape index (κ3) is 1.97. The van der Waals surface area contributed by atoms with E-state index in [1.165, 1.54) is 0 Å². The van der Waals surface area contributed by atoms with Crippen LogP contribution in [0.15, 0.2) is 0 Å². The van der Waals surface area contributed by atoms with Gasteiger partial charge in [0.15, 0.2) is 0 Å². The molecule has 2 heterocycles. The van der Waals surface area contributed by atoms with E-state index in [0.29, 0.717) is 12.3 Å². The lowest BCUT2D eigenvalue weighted by Gasteiger charge is -2.58. The average Bonchev–Trinajstić information content (AvgIpc) is 2.14. The lowest BCUT2D eigenvalue weighted by Crippen LogP contribution is -2.67. The van der Waals surface area contributed by atoms with E-state index in [0.717, 1.165) is 12.8 Å². The van der Waals surface area contributed by atoms with Gasteiger partial charge in [-0.2, -0.15) is 5.06 Å². The van der Waals surface area contributed by atoms with Crippen LogP contribution < -0.4 is 0 Å². The van der Waals surface area contributed by atoms with Crippen molar-refractivity contribution in [2.45, 2.75) is 64.1 Å². The van der Waals surface area contributed by atoms with Gasteiger partial charge < -0.3 is 9.57 Å². The Labute approximate surface area is 103 Å². The maximum Gasteiger partial charge on any atom is 0.306 e. The molecule has 2 atom stereocenters. The van der Waals surface area contributed by atoms with E-state index in [1.807, 2.05) is 0 Å². The second-order valence-corrected chi connectivity index (χ2v) is 6.32. The third-order valence-corrected chi connectivity index (χ3v) is 4.25. The van der Waals surface area contributed by atoms with Crippen molar-refractivity contribution in [3.63, 3.8) is 0 Å². The highest BCUT2D eigenvalue weighted by Crippen LogP contribution is 2.46.